The highest BCUT2D eigenvalue weighted by Gasteiger charge is 2.11. The molecule has 0 saturated heterocycles. The van der Waals surface area contributed by atoms with Crippen molar-refractivity contribution in [1.29, 1.82) is 0 Å². The molecule has 0 aliphatic heterocycles. The van der Waals surface area contributed by atoms with Crippen LogP contribution in [0.3, 0.4) is 0 Å². The molecule has 0 atom stereocenters. The zero-order valence-electron chi connectivity index (χ0n) is 10.6. The second-order valence-corrected chi connectivity index (χ2v) is 5.92. The summed E-state index contributed by atoms with van der Waals surface area (Å²) in [5, 5.41) is 5.46. The molecule has 2 aromatic heterocycles. The molecule has 3 N–H and O–H groups in total. The Hall–Kier alpha value is -2.58. The summed E-state index contributed by atoms with van der Waals surface area (Å²) < 4.78 is 22.7. The van der Waals surface area contributed by atoms with Crippen LogP contribution in [0.15, 0.2) is 52.3 Å². The first-order chi connectivity index (χ1) is 9.95. The Kier molecular flexibility index (Phi) is 3.04. The minimum absolute atomic E-state index is 0.0521. The average Bonchev–Trinajstić information content (AvgIpc) is 2.46. The summed E-state index contributed by atoms with van der Waals surface area (Å²) in [6.45, 7) is 0. The van der Waals surface area contributed by atoms with Crippen molar-refractivity contribution < 1.29 is 8.42 Å². The number of H-pyrrole nitrogens is 1. The number of primary sulfonamides is 1. The number of hydrogen-bond donors (Lipinski definition) is 2. The molecule has 7 nitrogen and oxygen atoms in total. The van der Waals surface area contributed by atoms with Crippen molar-refractivity contribution in [2.24, 2.45) is 5.14 Å². The van der Waals surface area contributed by atoms with Crippen molar-refractivity contribution in [2.45, 2.75) is 4.90 Å². The van der Waals surface area contributed by atoms with Crippen molar-refractivity contribution in [2.75, 3.05) is 0 Å². The van der Waals surface area contributed by atoms with Gasteiger partial charge in [-0.2, -0.15) is 0 Å². The number of rotatable bonds is 2. The van der Waals surface area contributed by atoms with Gasteiger partial charge in [0.2, 0.25) is 10.0 Å². The standard InChI is InChI=1S/C13H10N4O3S/c14-21(19,20)9-4-1-3-8(7-9)11-16-12-10(13(18)17-11)5-2-6-15-12/h1-7H,(H2,14,19,20)(H,15,16,17,18). The molecular weight excluding hydrogens is 292 g/mol. The highest BCUT2D eigenvalue weighted by molar-refractivity contribution is 7.89. The molecule has 0 fully saturated rings. The predicted octanol–water partition coefficient (Wildman–Crippen LogP) is 0.633. The fourth-order valence-corrected chi connectivity index (χ4v) is 2.49. The molecule has 3 rings (SSSR count). The van der Waals surface area contributed by atoms with Gasteiger partial charge in [-0.25, -0.2) is 23.5 Å². The number of nitrogens with two attached hydrogens (primary N) is 1. The van der Waals surface area contributed by atoms with Gasteiger partial charge in [0, 0.05) is 11.8 Å². The number of sulfonamides is 1. The van der Waals surface area contributed by atoms with E-state index in [0.29, 0.717) is 10.9 Å². The van der Waals surface area contributed by atoms with Gasteiger partial charge in [0.1, 0.15) is 5.82 Å². The lowest BCUT2D eigenvalue weighted by atomic mass is 10.2. The number of hydrogen-bond acceptors (Lipinski definition) is 5. The third-order valence-corrected chi connectivity index (χ3v) is 3.83. The van der Waals surface area contributed by atoms with E-state index in [2.05, 4.69) is 15.0 Å². The number of nitrogens with one attached hydrogen (secondary N) is 1. The highest BCUT2D eigenvalue weighted by atomic mass is 32.2. The summed E-state index contributed by atoms with van der Waals surface area (Å²) in [6.07, 6.45) is 1.53. The number of fused-ring (bicyclic) bond motifs is 1. The van der Waals surface area contributed by atoms with E-state index in [4.69, 9.17) is 5.14 Å². The summed E-state index contributed by atoms with van der Waals surface area (Å²) in [5.74, 6) is 0.233. The van der Waals surface area contributed by atoms with E-state index in [1.165, 1.54) is 24.4 Å². The summed E-state index contributed by atoms with van der Waals surface area (Å²) in [4.78, 5) is 22.8. The quantitative estimate of drug-likeness (QED) is 0.719. The van der Waals surface area contributed by atoms with Crippen molar-refractivity contribution in [3.8, 4) is 11.4 Å². The Morgan fingerprint density at radius 3 is 2.71 bits per heavy atom. The van der Waals surface area contributed by atoms with Crippen LogP contribution in [0.4, 0.5) is 0 Å². The maximum atomic E-state index is 12.0. The molecule has 0 bridgehead atoms. The molecule has 0 aliphatic rings. The lowest BCUT2D eigenvalue weighted by molar-refractivity contribution is 0.598. The van der Waals surface area contributed by atoms with Gasteiger partial charge in [-0.3, -0.25) is 4.79 Å². The van der Waals surface area contributed by atoms with Gasteiger partial charge in [-0.15, -0.1) is 0 Å². The Balaban J connectivity index is 2.24. The summed E-state index contributed by atoms with van der Waals surface area (Å²) in [7, 11) is -3.82. The summed E-state index contributed by atoms with van der Waals surface area (Å²) in [5.41, 5.74) is 0.382. The SMILES string of the molecule is NS(=O)(=O)c1cccc(-c2nc3ncccc3c(=O)[nH]2)c1. The van der Waals surface area contributed by atoms with E-state index in [-0.39, 0.29) is 21.9 Å². The molecule has 21 heavy (non-hydrogen) atoms. The first-order valence-corrected chi connectivity index (χ1v) is 7.48. The molecule has 106 valence electrons. The molecule has 0 radical (unpaired) electrons. The van der Waals surface area contributed by atoms with Crippen LogP contribution in [-0.4, -0.2) is 23.4 Å². The van der Waals surface area contributed by atoms with Gasteiger partial charge >= 0.3 is 0 Å². The fourth-order valence-electron chi connectivity index (χ4n) is 1.93. The molecule has 0 amide bonds. The van der Waals surface area contributed by atoms with Gasteiger partial charge in [-0.05, 0) is 24.3 Å². The molecule has 0 unspecified atom stereocenters. The Labute approximate surface area is 119 Å². The van der Waals surface area contributed by atoms with Crippen molar-refractivity contribution >= 4 is 21.1 Å². The van der Waals surface area contributed by atoms with E-state index in [0.717, 1.165) is 0 Å². The third kappa shape index (κ3) is 2.54. The van der Waals surface area contributed by atoms with Crippen LogP contribution in [0, 0.1) is 0 Å². The van der Waals surface area contributed by atoms with Gasteiger partial charge in [0.05, 0.1) is 10.3 Å². The largest absolute Gasteiger partial charge is 0.306 e. The fraction of sp³-hybridized carbons (Fsp3) is 0. The minimum Gasteiger partial charge on any atom is -0.306 e. The number of pyridine rings is 1. The number of nitrogens with zero attached hydrogens (tertiary/aromatic N) is 2. The lowest BCUT2D eigenvalue weighted by Crippen LogP contribution is -2.13. The van der Waals surface area contributed by atoms with Crippen LogP contribution in [-0.2, 0) is 10.0 Å². The van der Waals surface area contributed by atoms with E-state index < -0.39 is 10.0 Å². The van der Waals surface area contributed by atoms with E-state index in [1.807, 2.05) is 0 Å². The zero-order valence-corrected chi connectivity index (χ0v) is 11.5. The van der Waals surface area contributed by atoms with Crippen LogP contribution in [0.25, 0.3) is 22.4 Å². The minimum atomic E-state index is -3.82. The molecule has 2 heterocycles. The molecule has 0 saturated carbocycles. The molecule has 3 aromatic rings. The van der Waals surface area contributed by atoms with E-state index in [9.17, 15) is 13.2 Å². The molecule has 8 heteroatoms. The van der Waals surface area contributed by atoms with E-state index in [1.54, 1.807) is 18.2 Å². The zero-order chi connectivity index (χ0) is 15.0. The Morgan fingerprint density at radius 1 is 1.14 bits per heavy atom. The van der Waals surface area contributed by atoms with Crippen LogP contribution < -0.4 is 10.7 Å². The third-order valence-electron chi connectivity index (χ3n) is 2.92. The van der Waals surface area contributed by atoms with Crippen LogP contribution in [0.2, 0.25) is 0 Å². The number of benzene rings is 1. The lowest BCUT2D eigenvalue weighted by Gasteiger charge is -2.04. The second kappa shape index (κ2) is 4.76. The number of aromatic amines is 1. The molecule has 0 aliphatic carbocycles. The summed E-state index contributed by atoms with van der Waals surface area (Å²) >= 11 is 0. The monoisotopic (exact) mass is 302 g/mol. The first-order valence-electron chi connectivity index (χ1n) is 5.93. The topological polar surface area (TPSA) is 119 Å². The second-order valence-electron chi connectivity index (χ2n) is 4.36. The van der Waals surface area contributed by atoms with Crippen molar-refractivity contribution in [3.05, 3.63) is 52.9 Å². The van der Waals surface area contributed by atoms with Gasteiger partial charge in [-0.1, -0.05) is 12.1 Å². The van der Waals surface area contributed by atoms with E-state index >= 15 is 0 Å². The number of aromatic nitrogens is 3. The van der Waals surface area contributed by atoms with Crippen LogP contribution in [0.1, 0.15) is 0 Å². The summed E-state index contributed by atoms with van der Waals surface area (Å²) in [6, 6.07) is 9.12. The van der Waals surface area contributed by atoms with Gasteiger partial charge < -0.3 is 4.98 Å². The first kappa shape index (κ1) is 13.4. The molecule has 0 spiro atoms. The maximum absolute atomic E-state index is 12.0. The Bertz CT molecular complexity index is 995. The maximum Gasteiger partial charge on any atom is 0.260 e. The highest BCUT2D eigenvalue weighted by Crippen LogP contribution is 2.18. The molecular formula is C13H10N4O3S. The van der Waals surface area contributed by atoms with Gasteiger partial charge in [0.15, 0.2) is 5.65 Å². The Morgan fingerprint density at radius 2 is 1.95 bits per heavy atom. The van der Waals surface area contributed by atoms with Gasteiger partial charge in [0.25, 0.3) is 5.56 Å². The normalized spacial score (nSPS) is 11.7. The van der Waals surface area contributed by atoms with Crippen molar-refractivity contribution in [3.63, 3.8) is 0 Å². The van der Waals surface area contributed by atoms with Crippen molar-refractivity contribution in [1.82, 2.24) is 15.0 Å². The van der Waals surface area contributed by atoms with Crippen LogP contribution >= 0.6 is 0 Å². The molecule has 1 aromatic carbocycles. The smallest absolute Gasteiger partial charge is 0.260 e. The predicted molar refractivity (Wildman–Crippen MR) is 77.0 cm³/mol. The van der Waals surface area contributed by atoms with Crippen LogP contribution in [0.5, 0.6) is 0 Å². The average molecular weight is 302 g/mol.